The third-order valence-electron chi connectivity index (χ3n) is 4.73. The first-order valence-electron chi connectivity index (χ1n) is 10.8. The maximum absolute atomic E-state index is 5.50. The van der Waals surface area contributed by atoms with E-state index >= 15 is 0 Å². The van der Waals surface area contributed by atoms with Gasteiger partial charge < -0.3 is 11.1 Å². The van der Waals surface area contributed by atoms with Crippen LogP contribution in [0.25, 0.3) is 0 Å². The molecule has 0 aromatic heterocycles. The van der Waals surface area contributed by atoms with Crippen LogP contribution in [0.2, 0.25) is 0 Å². The first-order chi connectivity index (χ1) is 11.4. The Morgan fingerprint density at radius 1 is 0.478 bits per heavy atom. The van der Waals surface area contributed by atoms with Gasteiger partial charge in [0.1, 0.15) is 0 Å². The molecule has 140 valence electrons. The van der Waals surface area contributed by atoms with E-state index in [0.717, 1.165) is 6.54 Å². The van der Waals surface area contributed by atoms with E-state index in [-0.39, 0.29) is 0 Å². The summed E-state index contributed by atoms with van der Waals surface area (Å²) in [7, 11) is 0. The molecule has 0 saturated carbocycles. The van der Waals surface area contributed by atoms with Crippen molar-refractivity contribution in [2.24, 2.45) is 5.73 Å². The maximum atomic E-state index is 5.50. The molecule has 0 atom stereocenters. The van der Waals surface area contributed by atoms with E-state index in [4.69, 9.17) is 5.73 Å². The largest absolute Gasteiger partial charge is 0.330 e. The fourth-order valence-electron chi connectivity index (χ4n) is 3.17. The van der Waals surface area contributed by atoms with Gasteiger partial charge in [-0.2, -0.15) is 0 Å². The molecular formula is C21H46N2. The second kappa shape index (κ2) is 21.9. The average molecular weight is 327 g/mol. The minimum absolute atomic E-state index is 0.871. The number of rotatable bonds is 20. The van der Waals surface area contributed by atoms with Crippen LogP contribution < -0.4 is 11.1 Å². The number of hydrogen-bond acceptors (Lipinski definition) is 2. The van der Waals surface area contributed by atoms with Crippen LogP contribution in [0.4, 0.5) is 0 Å². The summed E-state index contributed by atoms with van der Waals surface area (Å²) in [6.07, 6.45) is 24.0. The van der Waals surface area contributed by atoms with Crippen LogP contribution >= 0.6 is 0 Å². The van der Waals surface area contributed by atoms with Crippen molar-refractivity contribution >= 4 is 0 Å². The topological polar surface area (TPSA) is 38.0 Å². The molecule has 0 unspecified atom stereocenters. The van der Waals surface area contributed by atoms with Gasteiger partial charge in [0, 0.05) is 0 Å². The summed E-state index contributed by atoms with van der Waals surface area (Å²) in [4.78, 5) is 0. The molecule has 0 bridgehead atoms. The van der Waals surface area contributed by atoms with Crippen LogP contribution in [-0.4, -0.2) is 19.6 Å². The average Bonchev–Trinajstić information content (AvgIpc) is 2.57. The van der Waals surface area contributed by atoms with Crippen LogP contribution in [0.5, 0.6) is 0 Å². The highest BCUT2D eigenvalue weighted by molar-refractivity contribution is 4.51. The standard InChI is InChI=1S/C21H46N2/c1-2-20-23-21-18-16-14-12-10-8-6-4-3-5-7-9-11-13-15-17-19-22/h23H,2-22H2,1H3. The molecule has 0 aromatic carbocycles. The van der Waals surface area contributed by atoms with E-state index < -0.39 is 0 Å². The molecule has 0 aliphatic rings. The Morgan fingerprint density at radius 2 is 0.826 bits per heavy atom. The van der Waals surface area contributed by atoms with Crippen molar-refractivity contribution in [2.75, 3.05) is 19.6 Å². The van der Waals surface area contributed by atoms with Gasteiger partial charge in [-0.05, 0) is 38.9 Å². The van der Waals surface area contributed by atoms with Crippen molar-refractivity contribution in [3.05, 3.63) is 0 Å². The Hall–Kier alpha value is -0.0800. The zero-order valence-electron chi connectivity index (χ0n) is 16.2. The normalized spacial score (nSPS) is 11.2. The van der Waals surface area contributed by atoms with Crippen LogP contribution in [0.3, 0.4) is 0 Å². The fourth-order valence-corrected chi connectivity index (χ4v) is 3.17. The van der Waals surface area contributed by atoms with E-state index in [1.54, 1.807) is 0 Å². The molecule has 0 spiro atoms. The number of hydrogen-bond donors (Lipinski definition) is 2. The maximum Gasteiger partial charge on any atom is -0.00489 e. The number of nitrogens with one attached hydrogen (secondary N) is 1. The number of unbranched alkanes of at least 4 members (excludes halogenated alkanes) is 15. The lowest BCUT2D eigenvalue weighted by Crippen LogP contribution is -2.15. The molecule has 0 radical (unpaired) electrons. The Kier molecular flexibility index (Phi) is 21.8. The Balaban J connectivity index is 2.92. The van der Waals surface area contributed by atoms with Gasteiger partial charge in [-0.3, -0.25) is 0 Å². The highest BCUT2D eigenvalue weighted by atomic mass is 14.8. The lowest BCUT2D eigenvalue weighted by Gasteiger charge is -2.04. The van der Waals surface area contributed by atoms with Gasteiger partial charge >= 0.3 is 0 Å². The lowest BCUT2D eigenvalue weighted by atomic mass is 10.0. The van der Waals surface area contributed by atoms with Gasteiger partial charge in [-0.25, -0.2) is 0 Å². The second-order valence-corrected chi connectivity index (χ2v) is 7.20. The first-order valence-corrected chi connectivity index (χ1v) is 10.8. The fraction of sp³-hybridized carbons (Fsp3) is 1.00. The molecule has 0 aromatic rings. The molecular weight excluding hydrogens is 280 g/mol. The first kappa shape index (κ1) is 22.9. The molecule has 0 heterocycles. The van der Waals surface area contributed by atoms with Gasteiger partial charge in [-0.1, -0.05) is 96.8 Å². The molecule has 2 heteroatoms. The van der Waals surface area contributed by atoms with Crippen molar-refractivity contribution in [3.63, 3.8) is 0 Å². The molecule has 0 fully saturated rings. The van der Waals surface area contributed by atoms with Crippen molar-refractivity contribution < 1.29 is 0 Å². The third-order valence-corrected chi connectivity index (χ3v) is 4.73. The molecule has 0 amide bonds. The molecule has 23 heavy (non-hydrogen) atoms. The minimum Gasteiger partial charge on any atom is -0.330 e. The van der Waals surface area contributed by atoms with E-state index in [1.165, 1.54) is 122 Å². The summed E-state index contributed by atoms with van der Waals surface area (Å²) in [6.45, 7) is 5.52. The second-order valence-electron chi connectivity index (χ2n) is 7.20. The highest BCUT2D eigenvalue weighted by Crippen LogP contribution is 2.13. The van der Waals surface area contributed by atoms with Crippen molar-refractivity contribution in [3.8, 4) is 0 Å². The highest BCUT2D eigenvalue weighted by Gasteiger charge is 1.94. The zero-order valence-corrected chi connectivity index (χ0v) is 16.2. The predicted octanol–water partition coefficient (Wildman–Crippen LogP) is 6.19. The summed E-state index contributed by atoms with van der Waals surface area (Å²) in [5.41, 5.74) is 5.50. The summed E-state index contributed by atoms with van der Waals surface area (Å²) >= 11 is 0. The molecule has 0 rings (SSSR count). The molecule has 0 aliphatic heterocycles. The van der Waals surface area contributed by atoms with Crippen LogP contribution in [0.1, 0.15) is 116 Å². The van der Waals surface area contributed by atoms with Crippen LogP contribution in [0.15, 0.2) is 0 Å². The zero-order chi connectivity index (χ0) is 16.8. The summed E-state index contributed by atoms with van der Waals surface area (Å²) in [6, 6.07) is 0. The van der Waals surface area contributed by atoms with Gasteiger partial charge in [0.15, 0.2) is 0 Å². The van der Waals surface area contributed by atoms with Crippen molar-refractivity contribution in [1.29, 1.82) is 0 Å². The van der Waals surface area contributed by atoms with Gasteiger partial charge in [0.2, 0.25) is 0 Å². The summed E-state index contributed by atoms with van der Waals surface area (Å²) < 4.78 is 0. The quantitative estimate of drug-likeness (QED) is 0.262. The smallest absolute Gasteiger partial charge is 0.00489 e. The van der Waals surface area contributed by atoms with E-state index in [2.05, 4.69) is 12.2 Å². The minimum atomic E-state index is 0.871. The third kappa shape index (κ3) is 21.9. The Bertz CT molecular complexity index is 174. The van der Waals surface area contributed by atoms with Gasteiger partial charge in [0.25, 0.3) is 0 Å². The SMILES string of the molecule is CCCNCCCCCCCCCCCCCCCCCCN. The van der Waals surface area contributed by atoms with Crippen LogP contribution in [0, 0.1) is 0 Å². The predicted molar refractivity (Wildman–Crippen MR) is 106 cm³/mol. The monoisotopic (exact) mass is 326 g/mol. The Morgan fingerprint density at radius 3 is 1.17 bits per heavy atom. The molecule has 0 saturated heterocycles. The summed E-state index contributed by atoms with van der Waals surface area (Å²) in [5.74, 6) is 0. The van der Waals surface area contributed by atoms with E-state index in [9.17, 15) is 0 Å². The lowest BCUT2D eigenvalue weighted by molar-refractivity contribution is 0.524. The van der Waals surface area contributed by atoms with Crippen molar-refractivity contribution in [2.45, 2.75) is 116 Å². The van der Waals surface area contributed by atoms with E-state index in [1.807, 2.05) is 0 Å². The van der Waals surface area contributed by atoms with Crippen molar-refractivity contribution in [1.82, 2.24) is 5.32 Å². The number of nitrogens with two attached hydrogens (primary N) is 1. The summed E-state index contributed by atoms with van der Waals surface area (Å²) in [5, 5.41) is 3.48. The van der Waals surface area contributed by atoms with Gasteiger partial charge in [-0.15, -0.1) is 0 Å². The molecule has 3 N–H and O–H groups in total. The molecule has 2 nitrogen and oxygen atoms in total. The van der Waals surface area contributed by atoms with Gasteiger partial charge in [0.05, 0.1) is 0 Å². The van der Waals surface area contributed by atoms with E-state index in [0.29, 0.717) is 0 Å². The molecule has 0 aliphatic carbocycles. The van der Waals surface area contributed by atoms with Crippen LogP contribution in [-0.2, 0) is 0 Å². The Labute approximate surface area is 147 Å².